The smallest absolute Gasteiger partial charge is 0.168 e. The Morgan fingerprint density at radius 1 is 0.917 bits per heavy atom. The number of allylic oxidation sites excluding steroid dienone is 1. The molecule has 124 valence electrons. The standard InChI is InChI=1S/C22H24O2/c1-13-9-15-5-6-16-12-20-17(7-8-21(23-3)22(20)24-4)11-19(16)18(15)10-14(13)2/h7-10,12,19H,5-6,11H2,1-4H3. The first-order valence-electron chi connectivity index (χ1n) is 8.66. The summed E-state index contributed by atoms with van der Waals surface area (Å²) in [6.07, 6.45) is 5.68. The zero-order valence-corrected chi connectivity index (χ0v) is 14.9. The number of methoxy groups -OCH3 is 2. The Kier molecular flexibility index (Phi) is 3.64. The Bertz CT molecular complexity index is 846. The fourth-order valence-electron chi connectivity index (χ4n) is 4.24. The van der Waals surface area contributed by atoms with Gasteiger partial charge in [0.25, 0.3) is 0 Å². The van der Waals surface area contributed by atoms with Crippen LogP contribution in [0.2, 0.25) is 0 Å². The molecule has 2 aromatic carbocycles. The van der Waals surface area contributed by atoms with E-state index in [1.807, 2.05) is 6.07 Å². The highest BCUT2D eigenvalue weighted by molar-refractivity contribution is 5.72. The molecule has 0 heterocycles. The maximum absolute atomic E-state index is 5.65. The molecule has 24 heavy (non-hydrogen) atoms. The van der Waals surface area contributed by atoms with E-state index < -0.39 is 0 Å². The second-order valence-electron chi connectivity index (χ2n) is 6.99. The maximum atomic E-state index is 5.65. The Morgan fingerprint density at radius 3 is 2.46 bits per heavy atom. The van der Waals surface area contributed by atoms with E-state index in [2.05, 4.69) is 38.1 Å². The van der Waals surface area contributed by atoms with Crippen LogP contribution in [0.15, 0.2) is 29.8 Å². The van der Waals surface area contributed by atoms with Crippen LogP contribution in [0.5, 0.6) is 11.5 Å². The van der Waals surface area contributed by atoms with Crippen molar-refractivity contribution < 1.29 is 9.47 Å². The van der Waals surface area contributed by atoms with Crippen LogP contribution in [0.3, 0.4) is 0 Å². The molecule has 0 bridgehead atoms. The minimum absolute atomic E-state index is 0.513. The summed E-state index contributed by atoms with van der Waals surface area (Å²) in [4.78, 5) is 0. The van der Waals surface area contributed by atoms with Gasteiger partial charge in [0.15, 0.2) is 11.5 Å². The average molecular weight is 320 g/mol. The quantitative estimate of drug-likeness (QED) is 0.776. The molecule has 2 aliphatic carbocycles. The van der Waals surface area contributed by atoms with Crippen LogP contribution in [0, 0.1) is 13.8 Å². The number of ether oxygens (including phenoxy) is 2. The van der Waals surface area contributed by atoms with E-state index in [4.69, 9.17) is 9.47 Å². The van der Waals surface area contributed by atoms with Crippen molar-refractivity contribution in [1.29, 1.82) is 0 Å². The van der Waals surface area contributed by atoms with E-state index in [0.29, 0.717) is 5.92 Å². The molecule has 0 N–H and O–H groups in total. The number of rotatable bonds is 2. The van der Waals surface area contributed by atoms with Crippen LogP contribution in [-0.4, -0.2) is 14.2 Å². The summed E-state index contributed by atoms with van der Waals surface area (Å²) >= 11 is 0. The van der Waals surface area contributed by atoms with Crippen molar-refractivity contribution in [3.63, 3.8) is 0 Å². The molecule has 2 aromatic rings. The minimum atomic E-state index is 0.513. The fourth-order valence-corrected chi connectivity index (χ4v) is 4.24. The van der Waals surface area contributed by atoms with E-state index >= 15 is 0 Å². The molecule has 4 rings (SSSR count). The Balaban J connectivity index is 1.84. The van der Waals surface area contributed by atoms with Crippen molar-refractivity contribution >= 4 is 6.08 Å². The Labute approximate surface area is 144 Å². The van der Waals surface area contributed by atoms with Crippen molar-refractivity contribution in [3.05, 3.63) is 63.2 Å². The predicted molar refractivity (Wildman–Crippen MR) is 98.2 cm³/mol. The summed E-state index contributed by atoms with van der Waals surface area (Å²) in [5, 5.41) is 0. The summed E-state index contributed by atoms with van der Waals surface area (Å²) in [5.74, 6) is 2.19. The van der Waals surface area contributed by atoms with Crippen LogP contribution in [0.1, 0.15) is 45.7 Å². The van der Waals surface area contributed by atoms with Gasteiger partial charge in [0.1, 0.15) is 0 Å². The lowest BCUT2D eigenvalue weighted by atomic mass is 9.71. The first kappa shape index (κ1) is 15.3. The van der Waals surface area contributed by atoms with E-state index in [-0.39, 0.29) is 0 Å². The van der Waals surface area contributed by atoms with Gasteiger partial charge >= 0.3 is 0 Å². The second kappa shape index (κ2) is 5.70. The summed E-state index contributed by atoms with van der Waals surface area (Å²) in [5.41, 5.74) is 9.95. The Hall–Kier alpha value is -2.22. The molecular formula is C22H24O2. The molecule has 0 aromatic heterocycles. The fraction of sp³-hybridized carbons (Fsp3) is 0.364. The number of hydrogen-bond donors (Lipinski definition) is 0. The molecule has 0 fully saturated rings. The van der Waals surface area contributed by atoms with Crippen molar-refractivity contribution in [2.45, 2.75) is 39.0 Å². The number of hydrogen-bond acceptors (Lipinski definition) is 2. The highest BCUT2D eigenvalue weighted by Crippen LogP contribution is 2.47. The van der Waals surface area contributed by atoms with Crippen LogP contribution in [-0.2, 0) is 12.8 Å². The lowest BCUT2D eigenvalue weighted by Crippen LogP contribution is -2.19. The predicted octanol–water partition coefficient (Wildman–Crippen LogP) is 4.99. The highest BCUT2D eigenvalue weighted by Gasteiger charge is 2.30. The molecule has 1 unspecified atom stereocenters. The third-order valence-electron chi connectivity index (χ3n) is 5.69. The van der Waals surface area contributed by atoms with Gasteiger partial charge in [-0.25, -0.2) is 0 Å². The molecule has 0 amide bonds. The van der Waals surface area contributed by atoms with Gasteiger partial charge in [-0.1, -0.05) is 29.8 Å². The molecule has 2 nitrogen and oxygen atoms in total. The number of aryl methyl sites for hydroxylation is 3. The van der Waals surface area contributed by atoms with Gasteiger partial charge in [0, 0.05) is 11.5 Å². The van der Waals surface area contributed by atoms with Gasteiger partial charge in [-0.05, 0) is 67.0 Å². The molecule has 2 aliphatic rings. The third kappa shape index (κ3) is 2.24. The zero-order valence-electron chi connectivity index (χ0n) is 14.9. The Morgan fingerprint density at radius 2 is 1.71 bits per heavy atom. The van der Waals surface area contributed by atoms with Crippen molar-refractivity contribution in [3.8, 4) is 11.5 Å². The summed E-state index contributed by atoms with van der Waals surface area (Å²) in [6.45, 7) is 4.44. The lowest BCUT2D eigenvalue weighted by Gasteiger charge is -2.33. The van der Waals surface area contributed by atoms with E-state index in [1.165, 1.54) is 39.0 Å². The SMILES string of the molecule is COc1ccc2c(c1OC)C=C1CCc3cc(C)c(C)cc3C1C2. The maximum Gasteiger partial charge on any atom is 0.168 e. The minimum Gasteiger partial charge on any atom is -0.493 e. The molecule has 1 atom stereocenters. The van der Waals surface area contributed by atoms with Crippen molar-refractivity contribution in [2.75, 3.05) is 14.2 Å². The summed E-state index contributed by atoms with van der Waals surface area (Å²) in [6, 6.07) is 9.03. The molecule has 2 heteroatoms. The average Bonchev–Trinajstić information content (AvgIpc) is 2.60. The van der Waals surface area contributed by atoms with Gasteiger partial charge < -0.3 is 9.47 Å². The largest absolute Gasteiger partial charge is 0.493 e. The second-order valence-corrected chi connectivity index (χ2v) is 6.99. The molecule has 0 radical (unpaired) electrons. The van der Waals surface area contributed by atoms with Crippen LogP contribution < -0.4 is 9.47 Å². The molecule has 0 spiro atoms. The number of benzene rings is 2. The molecule has 0 saturated carbocycles. The third-order valence-corrected chi connectivity index (χ3v) is 5.69. The van der Waals surface area contributed by atoms with Crippen molar-refractivity contribution in [2.24, 2.45) is 0 Å². The van der Waals surface area contributed by atoms with E-state index in [9.17, 15) is 0 Å². The summed E-state index contributed by atoms with van der Waals surface area (Å²) < 4.78 is 11.1. The number of fused-ring (bicyclic) bond motifs is 4. The molecule has 0 saturated heterocycles. The van der Waals surface area contributed by atoms with Crippen molar-refractivity contribution in [1.82, 2.24) is 0 Å². The van der Waals surface area contributed by atoms with Gasteiger partial charge in [-0.15, -0.1) is 0 Å². The molecular weight excluding hydrogens is 296 g/mol. The lowest BCUT2D eigenvalue weighted by molar-refractivity contribution is 0.353. The van der Waals surface area contributed by atoms with Gasteiger partial charge in [0.05, 0.1) is 14.2 Å². The first-order chi connectivity index (χ1) is 11.6. The van der Waals surface area contributed by atoms with E-state index in [0.717, 1.165) is 30.8 Å². The highest BCUT2D eigenvalue weighted by atomic mass is 16.5. The van der Waals surface area contributed by atoms with Gasteiger partial charge in [0.2, 0.25) is 0 Å². The zero-order chi connectivity index (χ0) is 16.8. The first-order valence-corrected chi connectivity index (χ1v) is 8.66. The summed E-state index contributed by atoms with van der Waals surface area (Å²) in [7, 11) is 3.43. The molecule has 0 aliphatic heterocycles. The monoisotopic (exact) mass is 320 g/mol. The van der Waals surface area contributed by atoms with Crippen LogP contribution in [0.4, 0.5) is 0 Å². The van der Waals surface area contributed by atoms with Gasteiger partial charge in [-0.3, -0.25) is 0 Å². The van der Waals surface area contributed by atoms with Crippen LogP contribution >= 0.6 is 0 Å². The normalized spacial score (nSPS) is 18.2. The van der Waals surface area contributed by atoms with Crippen LogP contribution in [0.25, 0.3) is 6.08 Å². The van der Waals surface area contributed by atoms with E-state index in [1.54, 1.807) is 14.2 Å². The van der Waals surface area contributed by atoms with Gasteiger partial charge in [-0.2, -0.15) is 0 Å². The topological polar surface area (TPSA) is 18.5 Å².